The van der Waals surface area contributed by atoms with Crippen LogP contribution < -0.4 is 15.6 Å². The molecule has 7 heteroatoms. The number of carbonyl (C=O) groups is 1. The van der Waals surface area contributed by atoms with Gasteiger partial charge in [0.2, 0.25) is 5.56 Å². The number of hydrogen-bond acceptors (Lipinski definition) is 6. The van der Waals surface area contributed by atoms with Gasteiger partial charge in [-0.15, -0.1) is 0 Å². The Balaban J connectivity index is 1.27. The Kier molecular flexibility index (Phi) is 7.92. The second kappa shape index (κ2) is 11.5. The number of hydrogen-bond donors (Lipinski definition) is 4. The van der Waals surface area contributed by atoms with Gasteiger partial charge in [0.25, 0.3) is 0 Å². The molecule has 4 aromatic rings. The van der Waals surface area contributed by atoms with Gasteiger partial charge in [0.05, 0.1) is 11.6 Å². The number of fused-ring (bicyclic) bond motifs is 1. The summed E-state index contributed by atoms with van der Waals surface area (Å²) in [4.78, 5) is 24.7. The number of aromatic nitrogens is 1. The Hall–Kier alpha value is -3.94. The first kappa shape index (κ1) is 24.2. The molecular weight excluding hydrogens is 444 g/mol. The Morgan fingerprint density at radius 2 is 1.63 bits per heavy atom. The summed E-state index contributed by atoms with van der Waals surface area (Å²) in [7, 11) is 0. The third-order valence-corrected chi connectivity index (χ3v) is 5.84. The van der Waals surface area contributed by atoms with E-state index in [4.69, 9.17) is 4.74 Å². The molecule has 1 unspecified atom stereocenters. The van der Waals surface area contributed by atoms with E-state index in [1.165, 1.54) is 12.1 Å². The monoisotopic (exact) mass is 472 g/mol. The Morgan fingerprint density at radius 1 is 0.914 bits per heavy atom. The number of aryl methyl sites for hydroxylation is 1. The van der Waals surface area contributed by atoms with Crippen LogP contribution in [0.3, 0.4) is 0 Å². The molecule has 0 saturated carbocycles. The Morgan fingerprint density at radius 3 is 2.37 bits per heavy atom. The maximum atomic E-state index is 11.6. The molecule has 1 heterocycles. The highest BCUT2D eigenvalue weighted by atomic mass is 16.5. The quantitative estimate of drug-likeness (QED) is 0.247. The van der Waals surface area contributed by atoms with Crippen LogP contribution in [0.4, 0.5) is 0 Å². The second-order valence-corrected chi connectivity index (χ2v) is 8.39. The van der Waals surface area contributed by atoms with Gasteiger partial charge < -0.3 is 30.0 Å². The molecule has 0 aliphatic carbocycles. The summed E-state index contributed by atoms with van der Waals surface area (Å²) in [6.45, 7) is 1.34. The lowest BCUT2D eigenvalue weighted by atomic mass is 10.0. The molecule has 0 saturated heterocycles. The van der Waals surface area contributed by atoms with E-state index in [2.05, 4.69) is 10.3 Å². The van der Waals surface area contributed by atoms with Gasteiger partial charge in [-0.2, -0.15) is 0 Å². The number of benzene rings is 3. The van der Waals surface area contributed by atoms with E-state index >= 15 is 0 Å². The van der Waals surface area contributed by atoms with Crippen molar-refractivity contribution in [3.05, 3.63) is 105 Å². The number of phenols is 1. The largest absolute Gasteiger partial charge is 0.506 e. The lowest BCUT2D eigenvalue weighted by Crippen LogP contribution is -2.21. The molecule has 0 aliphatic heterocycles. The number of aromatic hydroxyl groups is 1. The zero-order valence-corrected chi connectivity index (χ0v) is 19.2. The summed E-state index contributed by atoms with van der Waals surface area (Å²) in [5.41, 5.74) is 3.87. The smallest absolute Gasteiger partial charge is 0.248 e. The number of aromatic amines is 1. The van der Waals surface area contributed by atoms with Gasteiger partial charge in [0.15, 0.2) is 0 Å². The van der Waals surface area contributed by atoms with Gasteiger partial charge in [-0.25, -0.2) is 0 Å². The summed E-state index contributed by atoms with van der Waals surface area (Å²) in [6, 6.07) is 21.9. The van der Waals surface area contributed by atoms with E-state index in [0.29, 0.717) is 42.6 Å². The number of aldehydes is 1. The molecule has 7 nitrogen and oxygen atoms in total. The number of aliphatic hydroxyl groups excluding tert-OH is 1. The highest BCUT2D eigenvalue weighted by Gasteiger charge is 2.13. The fraction of sp³-hybridized carbons (Fsp3) is 0.214. The average molecular weight is 473 g/mol. The van der Waals surface area contributed by atoms with Crippen molar-refractivity contribution in [2.75, 3.05) is 6.54 Å². The topological polar surface area (TPSA) is 112 Å². The summed E-state index contributed by atoms with van der Waals surface area (Å²) in [5.74, 6) is 0.752. The molecule has 180 valence electrons. The zero-order chi connectivity index (χ0) is 24.6. The van der Waals surface area contributed by atoms with Gasteiger partial charge >= 0.3 is 0 Å². The van der Waals surface area contributed by atoms with E-state index in [1.54, 1.807) is 12.1 Å². The third kappa shape index (κ3) is 6.35. The molecule has 0 radical (unpaired) electrons. The molecule has 4 N–H and O–H groups in total. The summed E-state index contributed by atoms with van der Waals surface area (Å²) < 4.78 is 5.85. The first-order valence-electron chi connectivity index (χ1n) is 11.5. The Labute approximate surface area is 203 Å². The van der Waals surface area contributed by atoms with Crippen molar-refractivity contribution in [2.24, 2.45) is 0 Å². The van der Waals surface area contributed by atoms with Crippen LogP contribution in [-0.4, -0.2) is 28.0 Å². The van der Waals surface area contributed by atoms with E-state index in [-0.39, 0.29) is 11.3 Å². The number of H-pyrrole nitrogens is 1. The molecule has 35 heavy (non-hydrogen) atoms. The molecule has 0 fully saturated rings. The predicted molar refractivity (Wildman–Crippen MR) is 135 cm³/mol. The van der Waals surface area contributed by atoms with E-state index in [9.17, 15) is 19.8 Å². The van der Waals surface area contributed by atoms with Crippen LogP contribution in [0.15, 0.2) is 77.6 Å². The lowest BCUT2D eigenvalue weighted by Gasteiger charge is -2.15. The van der Waals surface area contributed by atoms with Crippen LogP contribution in [0.25, 0.3) is 10.9 Å². The first-order chi connectivity index (χ1) is 17.0. The molecule has 3 aromatic carbocycles. The van der Waals surface area contributed by atoms with Crippen molar-refractivity contribution in [3.63, 3.8) is 0 Å². The fourth-order valence-corrected chi connectivity index (χ4v) is 3.91. The van der Waals surface area contributed by atoms with Crippen LogP contribution in [0.5, 0.6) is 11.5 Å². The minimum Gasteiger partial charge on any atom is -0.506 e. The van der Waals surface area contributed by atoms with Crippen molar-refractivity contribution in [1.82, 2.24) is 10.3 Å². The molecule has 1 atom stereocenters. The standard InChI is InChI=1S/C28H28N2O5/c31-15-1-2-19-7-9-22(10-8-19)35-18-21-5-3-20(4-6-21)16-29-17-26(33)23-11-13-25(32)28-24(23)12-14-27(34)30-28/h3-15,26,29,32-33H,1-2,16-18H2,(H,30,34). The minimum absolute atomic E-state index is 0.0303. The third-order valence-electron chi connectivity index (χ3n) is 5.84. The number of phenolic OH excluding ortho intramolecular Hbond substituents is 1. The van der Waals surface area contributed by atoms with Crippen LogP contribution in [0.2, 0.25) is 0 Å². The first-order valence-corrected chi connectivity index (χ1v) is 11.5. The Bertz CT molecular complexity index is 1330. The highest BCUT2D eigenvalue weighted by Crippen LogP contribution is 2.28. The van der Waals surface area contributed by atoms with Gasteiger partial charge in [-0.05, 0) is 52.9 Å². The van der Waals surface area contributed by atoms with E-state index < -0.39 is 6.10 Å². The molecule has 4 rings (SSSR count). The van der Waals surface area contributed by atoms with Gasteiger partial charge in [0, 0.05) is 31.0 Å². The van der Waals surface area contributed by atoms with Gasteiger partial charge in [-0.1, -0.05) is 42.5 Å². The fourth-order valence-electron chi connectivity index (χ4n) is 3.91. The SMILES string of the molecule is O=CCCc1ccc(OCc2ccc(CNCC(O)c3ccc(O)c4[nH]c(=O)ccc34)cc2)cc1. The maximum absolute atomic E-state index is 11.6. The van der Waals surface area contributed by atoms with Gasteiger partial charge in [-0.3, -0.25) is 4.79 Å². The number of nitrogens with one attached hydrogen (secondary N) is 2. The number of ether oxygens (including phenoxy) is 1. The predicted octanol–water partition coefficient (Wildman–Crippen LogP) is 3.77. The van der Waals surface area contributed by atoms with Crippen molar-refractivity contribution < 1.29 is 19.7 Å². The molecule has 0 spiro atoms. The van der Waals surface area contributed by atoms with E-state index in [0.717, 1.165) is 35.1 Å². The molecule has 1 aromatic heterocycles. The molecule has 0 aliphatic rings. The van der Waals surface area contributed by atoms with Crippen molar-refractivity contribution in [3.8, 4) is 11.5 Å². The van der Waals surface area contributed by atoms with Crippen molar-refractivity contribution in [2.45, 2.75) is 32.1 Å². The highest BCUT2D eigenvalue weighted by molar-refractivity contribution is 5.87. The summed E-state index contributed by atoms with van der Waals surface area (Å²) in [6.07, 6.45) is 1.38. The van der Waals surface area contributed by atoms with E-state index in [1.807, 2.05) is 48.5 Å². The number of rotatable bonds is 11. The van der Waals surface area contributed by atoms with Gasteiger partial charge in [0.1, 0.15) is 24.4 Å². The normalized spacial score (nSPS) is 11.9. The molecule has 0 amide bonds. The molecular formula is C28H28N2O5. The average Bonchev–Trinajstić information content (AvgIpc) is 2.88. The van der Waals surface area contributed by atoms with Crippen LogP contribution in [0.1, 0.15) is 34.8 Å². The van der Waals surface area contributed by atoms with Crippen LogP contribution in [0, 0.1) is 0 Å². The minimum atomic E-state index is -0.804. The lowest BCUT2D eigenvalue weighted by molar-refractivity contribution is -0.107. The summed E-state index contributed by atoms with van der Waals surface area (Å²) >= 11 is 0. The number of aliphatic hydroxyl groups is 1. The molecule has 0 bridgehead atoms. The summed E-state index contributed by atoms with van der Waals surface area (Å²) in [5, 5.41) is 24.5. The number of carbonyl (C=O) groups excluding carboxylic acids is 1. The van der Waals surface area contributed by atoms with Crippen molar-refractivity contribution in [1.29, 1.82) is 0 Å². The maximum Gasteiger partial charge on any atom is 0.248 e. The number of pyridine rings is 1. The zero-order valence-electron chi connectivity index (χ0n) is 19.2. The van der Waals surface area contributed by atoms with Crippen LogP contribution in [-0.2, 0) is 24.4 Å². The second-order valence-electron chi connectivity index (χ2n) is 8.39. The van der Waals surface area contributed by atoms with Crippen molar-refractivity contribution >= 4 is 17.2 Å². The van der Waals surface area contributed by atoms with Crippen LogP contribution >= 0.6 is 0 Å².